The van der Waals surface area contributed by atoms with Crippen LogP contribution < -0.4 is 10.5 Å². The zero-order chi connectivity index (χ0) is 16.9. The Morgan fingerprint density at radius 3 is 2.83 bits per heavy atom. The van der Waals surface area contributed by atoms with E-state index in [1.165, 1.54) is 0 Å². The Kier molecular flexibility index (Phi) is 5.30. The third-order valence-electron chi connectivity index (χ3n) is 3.64. The average Bonchev–Trinajstić information content (AvgIpc) is 2.96. The summed E-state index contributed by atoms with van der Waals surface area (Å²) in [7, 11) is 1.83. The first-order valence-electron chi connectivity index (χ1n) is 7.64. The van der Waals surface area contributed by atoms with Crippen molar-refractivity contribution in [2.75, 3.05) is 19.8 Å². The van der Waals surface area contributed by atoms with Crippen molar-refractivity contribution in [3.05, 3.63) is 53.3 Å². The van der Waals surface area contributed by atoms with Crippen molar-refractivity contribution in [1.82, 2.24) is 14.8 Å². The third-order valence-corrected chi connectivity index (χ3v) is 3.84. The van der Waals surface area contributed by atoms with Crippen molar-refractivity contribution in [3.63, 3.8) is 0 Å². The maximum atomic E-state index is 6.08. The molecule has 1 aromatic carbocycles. The molecule has 7 heteroatoms. The minimum Gasteiger partial charge on any atom is -0.474 e. The maximum Gasteiger partial charge on any atom is 0.241 e. The van der Waals surface area contributed by atoms with Gasteiger partial charge in [-0.25, -0.2) is 0 Å². The number of pyridine rings is 1. The van der Waals surface area contributed by atoms with Crippen LogP contribution in [-0.2, 0) is 11.8 Å². The second-order valence-corrected chi connectivity index (χ2v) is 5.78. The van der Waals surface area contributed by atoms with Gasteiger partial charge in [-0.1, -0.05) is 41.9 Å². The average molecular weight is 347 g/mol. The van der Waals surface area contributed by atoms with Gasteiger partial charge in [0.1, 0.15) is 17.3 Å². The fourth-order valence-corrected chi connectivity index (χ4v) is 2.63. The van der Waals surface area contributed by atoms with E-state index >= 15 is 0 Å². The predicted octanol–water partition coefficient (Wildman–Crippen LogP) is 2.72. The molecule has 126 valence electrons. The maximum absolute atomic E-state index is 6.08. The van der Waals surface area contributed by atoms with Gasteiger partial charge < -0.3 is 15.2 Å². The summed E-state index contributed by atoms with van der Waals surface area (Å²) in [5.41, 5.74) is 7.93. The van der Waals surface area contributed by atoms with Gasteiger partial charge in [-0.05, 0) is 11.6 Å². The normalized spacial score (nSPS) is 12.5. The number of aromatic nitrogens is 3. The summed E-state index contributed by atoms with van der Waals surface area (Å²) in [4.78, 5) is 4.22. The molecule has 0 fully saturated rings. The van der Waals surface area contributed by atoms with Gasteiger partial charge >= 0.3 is 0 Å². The molecule has 0 saturated carbocycles. The largest absolute Gasteiger partial charge is 0.474 e. The van der Waals surface area contributed by atoms with Gasteiger partial charge in [-0.3, -0.25) is 4.68 Å². The van der Waals surface area contributed by atoms with E-state index in [2.05, 4.69) is 10.1 Å². The first-order valence-corrected chi connectivity index (χ1v) is 8.02. The van der Waals surface area contributed by atoms with E-state index < -0.39 is 0 Å². The highest BCUT2D eigenvalue weighted by Crippen LogP contribution is 2.25. The number of nitrogens with zero attached hydrogens (tertiary/aromatic N) is 3. The minimum absolute atomic E-state index is 0.153. The molecule has 0 aliphatic rings. The Bertz CT molecular complexity index is 807. The van der Waals surface area contributed by atoms with Gasteiger partial charge in [0.15, 0.2) is 0 Å². The second kappa shape index (κ2) is 7.61. The van der Waals surface area contributed by atoms with Crippen LogP contribution in [0.1, 0.15) is 11.6 Å². The van der Waals surface area contributed by atoms with Crippen LogP contribution in [0.15, 0.2) is 42.6 Å². The molecule has 0 unspecified atom stereocenters. The lowest BCUT2D eigenvalue weighted by molar-refractivity contribution is 0.0893. The first-order chi connectivity index (χ1) is 11.6. The summed E-state index contributed by atoms with van der Waals surface area (Å²) in [6.07, 6.45) is 1.73. The highest BCUT2D eigenvalue weighted by molar-refractivity contribution is 6.30. The fraction of sp³-hybridized carbons (Fsp3) is 0.294. The summed E-state index contributed by atoms with van der Waals surface area (Å²) >= 11 is 6.01. The molecule has 6 nitrogen and oxygen atoms in total. The fourth-order valence-electron chi connectivity index (χ4n) is 2.44. The summed E-state index contributed by atoms with van der Waals surface area (Å²) in [6, 6.07) is 11.5. The number of hydrogen-bond donors (Lipinski definition) is 1. The van der Waals surface area contributed by atoms with Crippen molar-refractivity contribution < 1.29 is 9.47 Å². The summed E-state index contributed by atoms with van der Waals surface area (Å²) in [5.74, 6) is 0.452. The van der Waals surface area contributed by atoms with Crippen molar-refractivity contribution in [3.8, 4) is 5.88 Å². The number of hydrogen-bond acceptors (Lipinski definition) is 5. The van der Waals surface area contributed by atoms with Crippen LogP contribution >= 0.6 is 11.6 Å². The Morgan fingerprint density at radius 1 is 1.25 bits per heavy atom. The number of benzene rings is 1. The van der Waals surface area contributed by atoms with Gasteiger partial charge in [-0.15, -0.1) is 0 Å². The smallest absolute Gasteiger partial charge is 0.241 e. The molecule has 2 N–H and O–H groups in total. The zero-order valence-corrected chi connectivity index (χ0v) is 14.1. The van der Waals surface area contributed by atoms with Crippen molar-refractivity contribution >= 4 is 22.5 Å². The molecule has 0 amide bonds. The van der Waals surface area contributed by atoms with Crippen molar-refractivity contribution in [1.29, 1.82) is 0 Å². The predicted molar refractivity (Wildman–Crippen MR) is 93.2 cm³/mol. The Morgan fingerprint density at radius 2 is 2.04 bits per heavy atom. The van der Waals surface area contributed by atoms with E-state index in [1.54, 1.807) is 16.9 Å². The molecule has 2 heterocycles. The van der Waals surface area contributed by atoms with Gasteiger partial charge in [0.25, 0.3) is 0 Å². The zero-order valence-electron chi connectivity index (χ0n) is 13.4. The molecule has 3 aromatic rings. The molecular weight excluding hydrogens is 328 g/mol. The van der Waals surface area contributed by atoms with Crippen LogP contribution in [0.3, 0.4) is 0 Å². The molecule has 0 bridgehead atoms. The standard InChI is InChI=1S/C17H19ClN4O2/c1-22-16-13(10-20-22)9-15(18)21-17(16)24-8-7-23-11-14(19)12-5-3-2-4-6-12/h2-6,9-10,14H,7-8,11,19H2,1H3/t14-/m1/s1. The van der Waals surface area contributed by atoms with E-state index in [-0.39, 0.29) is 6.04 Å². The lowest BCUT2D eigenvalue weighted by Crippen LogP contribution is -2.19. The highest BCUT2D eigenvalue weighted by atomic mass is 35.5. The van der Waals surface area contributed by atoms with Crippen LogP contribution in [0.25, 0.3) is 10.9 Å². The number of halogens is 1. The van der Waals surface area contributed by atoms with E-state index in [0.29, 0.717) is 30.9 Å². The summed E-state index contributed by atoms with van der Waals surface area (Å²) < 4.78 is 13.0. The Balaban J connectivity index is 1.51. The van der Waals surface area contributed by atoms with E-state index in [1.807, 2.05) is 37.4 Å². The highest BCUT2D eigenvalue weighted by Gasteiger charge is 2.11. The van der Waals surface area contributed by atoms with E-state index in [4.69, 9.17) is 26.8 Å². The first kappa shape index (κ1) is 16.7. The number of fused-ring (bicyclic) bond motifs is 1. The molecule has 1 atom stereocenters. The van der Waals surface area contributed by atoms with Crippen molar-refractivity contribution in [2.24, 2.45) is 12.8 Å². The molecule has 0 saturated heterocycles. The lowest BCUT2D eigenvalue weighted by atomic mass is 10.1. The minimum atomic E-state index is -0.153. The Hall–Kier alpha value is -2.15. The van der Waals surface area contributed by atoms with Gasteiger partial charge in [0.05, 0.1) is 25.5 Å². The summed E-state index contributed by atoms with van der Waals surface area (Å²) in [5, 5.41) is 5.45. The molecule has 0 spiro atoms. The number of rotatable bonds is 7. The topological polar surface area (TPSA) is 75.2 Å². The van der Waals surface area contributed by atoms with Gasteiger partial charge in [0.2, 0.25) is 5.88 Å². The molecular formula is C17H19ClN4O2. The second-order valence-electron chi connectivity index (χ2n) is 5.40. The van der Waals surface area contributed by atoms with Crippen LogP contribution in [-0.4, -0.2) is 34.6 Å². The SMILES string of the molecule is Cn1ncc2cc(Cl)nc(OCCOC[C@@H](N)c3ccccc3)c21. The number of aryl methyl sites for hydroxylation is 1. The molecule has 0 radical (unpaired) electrons. The van der Waals surface area contributed by atoms with Gasteiger partial charge in [0, 0.05) is 12.4 Å². The molecule has 2 aromatic heterocycles. The monoisotopic (exact) mass is 346 g/mol. The molecule has 3 rings (SSSR count). The quantitative estimate of drug-likeness (QED) is 0.526. The third kappa shape index (κ3) is 3.84. The van der Waals surface area contributed by atoms with Crippen LogP contribution in [0.2, 0.25) is 5.15 Å². The van der Waals surface area contributed by atoms with Crippen LogP contribution in [0.4, 0.5) is 0 Å². The van der Waals surface area contributed by atoms with Crippen LogP contribution in [0.5, 0.6) is 5.88 Å². The Labute approximate surface area is 145 Å². The number of ether oxygens (including phenoxy) is 2. The number of nitrogens with two attached hydrogens (primary N) is 1. The van der Waals surface area contributed by atoms with Gasteiger partial charge in [-0.2, -0.15) is 10.1 Å². The summed E-state index contributed by atoms with van der Waals surface area (Å²) in [6.45, 7) is 1.20. The lowest BCUT2D eigenvalue weighted by Gasteiger charge is -2.13. The van der Waals surface area contributed by atoms with E-state index in [9.17, 15) is 0 Å². The molecule has 24 heavy (non-hydrogen) atoms. The van der Waals surface area contributed by atoms with Crippen molar-refractivity contribution in [2.45, 2.75) is 6.04 Å². The van der Waals surface area contributed by atoms with Crippen LogP contribution in [0, 0.1) is 0 Å². The van der Waals surface area contributed by atoms with E-state index in [0.717, 1.165) is 16.5 Å². The molecule has 0 aliphatic heterocycles. The molecule has 0 aliphatic carbocycles.